The summed E-state index contributed by atoms with van der Waals surface area (Å²) in [6, 6.07) is 9.60. The number of halogens is 1. The van der Waals surface area contributed by atoms with Crippen LogP contribution in [0.1, 0.15) is 6.42 Å². The Hall–Kier alpha value is -1.21. The maximum atomic E-state index is 5.90. The minimum Gasteiger partial charge on any atom is -0.488 e. The number of benzene rings is 1. The highest BCUT2D eigenvalue weighted by Gasteiger charge is 1.93. The number of rotatable bonds is 5. The quantitative estimate of drug-likeness (QED) is 0.670. The number of allylic oxidation sites excluding steroid dienone is 2. The lowest BCUT2D eigenvalue weighted by molar-refractivity contribution is 0.359. The Morgan fingerprint density at radius 1 is 1.36 bits per heavy atom. The van der Waals surface area contributed by atoms with Gasteiger partial charge in [0.1, 0.15) is 12.4 Å². The molecule has 1 aromatic rings. The van der Waals surface area contributed by atoms with E-state index in [1.165, 1.54) is 0 Å². The van der Waals surface area contributed by atoms with Crippen LogP contribution in [0, 0.1) is 0 Å². The minimum absolute atomic E-state index is 0.416. The predicted molar refractivity (Wildman–Crippen MR) is 60.7 cm³/mol. The fourth-order valence-corrected chi connectivity index (χ4v) is 1.08. The SMILES string of the molecule is C=CC/C=C(/Cl)COc1ccccc1. The standard InChI is InChI=1S/C12H13ClO/c1-2-3-7-11(13)10-14-12-8-5-4-6-9-12/h2,4-9H,1,3,10H2/b11-7+. The molecule has 0 bridgehead atoms. The summed E-state index contributed by atoms with van der Waals surface area (Å²) in [6.07, 6.45) is 4.46. The maximum Gasteiger partial charge on any atom is 0.123 e. The summed E-state index contributed by atoms with van der Waals surface area (Å²) in [7, 11) is 0. The molecule has 0 atom stereocenters. The molecule has 0 amide bonds. The predicted octanol–water partition coefficient (Wildman–Crippen LogP) is 3.76. The van der Waals surface area contributed by atoms with Crippen molar-refractivity contribution in [2.45, 2.75) is 6.42 Å². The number of para-hydroxylation sites is 1. The van der Waals surface area contributed by atoms with Gasteiger partial charge >= 0.3 is 0 Å². The lowest BCUT2D eigenvalue weighted by Crippen LogP contribution is -1.96. The molecule has 0 unspecified atom stereocenters. The number of hydrogen-bond donors (Lipinski definition) is 0. The van der Waals surface area contributed by atoms with Gasteiger partial charge in [0, 0.05) is 0 Å². The number of hydrogen-bond acceptors (Lipinski definition) is 1. The monoisotopic (exact) mass is 208 g/mol. The van der Waals surface area contributed by atoms with Crippen molar-refractivity contribution in [3.05, 3.63) is 54.1 Å². The zero-order valence-corrected chi connectivity index (χ0v) is 8.70. The average Bonchev–Trinajstić information content (AvgIpc) is 2.25. The molecule has 0 aliphatic carbocycles. The summed E-state index contributed by atoms with van der Waals surface area (Å²) in [5.41, 5.74) is 0. The Morgan fingerprint density at radius 3 is 2.71 bits per heavy atom. The summed E-state index contributed by atoms with van der Waals surface area (Å²) in [4.78, 5) is 0. The molecule has 1 aromatic carbocycles. The molecular weight excluding hydrogens is 196 g/mol. The Kier molecular flexibility index (Phi) is 4.87. The van der Waals surface area contributed by atoms with Gasteiger partial charge in [0.15, 0.2) is 0 Å². The summed E-state index contributed by atoms with van der Waals surface area (Å²) in [5.74, 6) is 0.831. The first-order valence-corrected chi connectivity index (χ1v) is 4.84. The highest BCUT2D eigenvalue weighted by atomic mass is 35.5. The first kappa shape index (κ1) is 10.9. The number of ether oxygens (including phenoxy) is 1. The van der Waals surface area contributed by atoms with Crippen molar-refractivity contribution in [2.75, 3.05) is 6.61 Å². The van der Waals surface area contributed by atoms with E-state index in [9.17, 15) is 0 Å². The lowest BCUT2D eigenvalue weighted by Gasteiger charge is -2.04. The Bertz CT molecular complexity index is 303. The second-order valence-corrected chi connectivity index (χ2v) is 3.26. The molecule has 1 nitrogen and oxygen atoms in total. The van der Waals surface area contributed by atoms with Crippen molar-refractivity contribution in [3.8, 4) is 5.75 Å². The van der Waals surface area contributed by atoms with Crippen molar-refractivity contribution in [2.24, 2.45) is 0 Å². The van der Waals surface area contributed by atoms with E-state index in [0.717, 1.165) is 12.2 Å². The first-order valence-electron chi connectivity index (χ1n) is 4.46. The van der Waals surface area contributed by atoms with E-state index < -0.39 is 0 Å². The normalized spacial score (nSPS) is 11.1. The molecule has 0 saturated carbocycles. The minimum atomic E-state index is 0.416. The van der Waals surface area contributed by atoms with Crippen LogP contribution in [0.15, 0.2) is 54.1 Å². The molecule has 1 rings (SSSR count). The summed E-state index contributed by atoms with van der Waals surface area (Å²) in [6.45, 7) is 4.02. The van der Waals surface area contributed by atoms with Crippen LogP contribution < -0.4 is 4.74 Å². The van der Waals surface area contributed by atoms with Crippen LogP contribution in [0.4, 0.5) is 0 Å². The van der Waals surface area contributed by atoms with Crippen LogP contribution in [0.25, 0.3) is 0 Å². The summed E-state index contributed by atoms with van der Waals surface area (Å²) >= 11 is 5.90. The first-order chi connectivity index (χ1) is 6.83. The molecule has 14 heavy (non-hydrogen) atoms. The van der Waals surface area contributed by atoms with E-state index in [1.54, 1.807) is 6.08 Å². The van der Waals surface area contributed by atoms with Gasteiger partial charge in [-0.05, 0) is 18.6 Å². The molecule has 0 spiro atoms. The Balaban J connectivity index is 2.37. The van der Waals surface area contributed by atoms with Gasteiger partial charge in [0.05, 0.1) is 5.03 Å². The van der Waals surface area contributed by atoms with Gasteiger partial charge in [-0.1, -0.05) is 42.0 Å². The van der Waals surface area contributed by atoms with Gasteiger partial charge in [-0.15, -0.1) is 6.58 Å². The van der Waals surface area contributed by atoms with Crippen molar-refractivity contribution in [1.29, 1.82) is 0 Å². The molecule has 0 radical (unpaired) electrons. The molecule has 0 saturated heterocycles. The lowest BCUT2D eigenvalue weighted by atomic mass is 10.3. The van der Waals surface area contributed by atoms with Crippen LogP contribution in [0.3, 0.4) is 0 Å². The van der Waals surface area contributed by atoms with Crippen LogP contribution >= 0.6 is 11.6 Å². The smallest absolute Gasteiger partial charge is 0.123 e. The third kappa shape index (κ3) is 4.15. The van der Waals surface area contributed by atoms with E-state index in [-0.39, 0.29) is 0 Å². The van der Waals surface area contributed by atoms with Gasteiger partial charge in [-0.2, -0.15) is 0 Å². The molecule has 2 heteroatoms. The molecule has 0 aliphatic rings. The van der Waals surface area contributed by atoms with Gasteiger partial charge < -0.3 is 4.74 Å². The topological polar surface area (TPSA) is 9.23 Å². The Labute approximate surface area is 89.7 Å². The van der Waals surface area contributed by atoms with E-state index in [4.69, 9.17) is 16.3 Å². The molecule has 0 heterocycles. The molecule has 0 aromatic heterocycles. The zero-order chi connectivity index (χ0) is 10.2. The average molecular weight is 209 g/mol. The van der Waals surface area contributed by atoms with Crippen LogP contribution in [0.5, 0.6) is 5.75 Å². The van der Waals surface area contributed by atoms with E-state index in [0.29, 0.717) is 11.6 Å². The largest absolute Gasteiger partial charge is 0.488 e. The van der Waals surface area contributed by atoms with Crippen molar-refractivity contribution in [3.63, 3.8) is 0 Å². The highest BCUT2D eigenvalue weighted by molar-refractivity contribution is 6.29. The fraction of sp³-hybridized carbons (Fsp3) is 0.167. The second-order valence-electron chi connectivity index (χ2n) is 2.78. The van der Waals surface area contributed by atoms with E-state index in [2.05, 4.69) is 6.58 Å². The van der Waals surface area contributed by atoms with Gasteiger partial charge in [0.2, 0.25) is 0 Å². The molecule has 0 N–H and O–H groups in total. The molecule has 0 aliphatic heterocycles. The van der Waals surface area contributed by atoms with Crippen LogP contribution in [0.2, 0.25) is 0 Å². The summed E-state index contributed by atoms with van der Waals surface area (Å²) < 4.78 is 5.43. The molecular formula is C12H13ClO. The van der Waals surface area contributed by atoms with E-state index in [1.807, 2.05) is 36.4 Å². The summed E-state index contributed by atoms with van der Waals surface area (Å²) in [5, 5.41) is 0.703. The highest BCUT2D eigenvalue weighted by Crippen LogP contribution is 2.11. The Morgan fingerprint density at radius 2 is 2.07 bits per heavy atom. The van der Waals surface area contributed by atoms with Crippen molar-refractivity contribution >= 4 is 11.6 Å². The van der Waals surface area contributed by atoms with Crippen LogP contribution in [-0.4, -0.2) is 6.61 Å². The van der Waals surface area contributed by atoms with Gasteiger partial charge in [-0.25, -0.2) is 0 Å². The maximum absolute atomic E-state index is 5.90. The van der Waals surface area contributed by atoms with Gasteiger partial charge in [0.25, 0.3) is 0 Å². The molecule has 0 fully saturated rings. The second kappa shape index (κ2) is 6.28. The molecule has 74 valence electrons. The van der Waals surface area contributed by atoms with Crippen molar-refractivity contribution in [1.82, 2.24) is 0 Å². The van der Waals surface area contributed by atoms with E-state index >= 15 is 0 Å². The fourth-order valence-electron chi connectivity index (χ4n) is 0.939. The third-order valence-electron chi connectivity index (χ3n) is 1.63. The van der Waals surface area contributed by atoms with Crippen LogP contribution in [-0.2, 0) is 0 Å². The third-order valence-corrected chi connectivity index (χ3v) is 1.89. The van der Waals surface area contributed by atoms with Gasteiger partial charge in [-0.3, -0.25) is 0 Å². The van der Waals surface area contributed by atoms with Crippen molar-refractivity contribution < 1.29 is 4.74 Å². The zero-order valence-electron chi connectivity index (χ0n) is 7.95.